The van der Waals surface area contributed by atoms with Crippen molar-refractivity contribution in [2.75, 3.05) is 18.9 Å². The number of hydrogen-bond acceptors (Lipinski definition) is 5. The molecule has 4 aromatic carbocycles. The Morgan fingerprint density at radius 3 is 2.50 bits per heavy atom. The van der Waals surface area contributed by atoms with Gasteiger partial charge in [-0.05, 0) is 84.8 Å². The number of phenols is 1. The highest BCUT2D eigenvalue weighted by molar-refractivity contribution is 6.03. The highest BCUT2D eigenvalue weighted by atomic mass is 19.4. The largest absolute Gasteiger partial charge is 0.507 e. The number of rotatable bonds is 10. The van der Waals surface area contributed by atoms with Crippen molar-refractivity contribution in [3.63, 3.8) is 0 Å². The number of alkyl halides is 3. The Morgan fingerprint density at radius 2 is 1.75 bits per heavy atom. The van der Waals surface area contributed by atoms with E-state index in [0.29, 0.717) is 23.8 Å². The summed E-state index contributed by atoms with van der Waals surface area (Å²) in [4.78, 5) is 13.6. The first kappa shape index (κ1) is 29.4. The van der Waals surface area contributed by atoms with Gasteiger partial charge in [0.2, 0.25) is 0 Å². The lowest BCUT2D eigenvalue weighted by Gasteiger charge is -2.23. The Kier molecular flexibility index (Phi) is 8.11. The first-order chi connectivity index (χ1) is 21.2. The minimum Gasteiger partial charge on any atom is -0.507 e. The van der Waals surface area contributed by atoms with Gasteiger partial charge in [0.1, 0.15) is 11.4 Å². The van der Waals surface area contributed by atoms with Gasteiger partial charge in [-0.2, -0.15) is 18.3 Å². The number of halogens is 3. The number of phenolic OH excluding ortho intramolecular Hbond substituents is 1. The van der Waals surface area contributed by atoms with Gasteiger partial charge >= 0.3 is 6.18 Å². The third-order valence-electron chi connectivity index (χ3n) is 7.80. The van der Waals surface area contributed by atoms with E-state index in [4.69, 9.17) is 0 Å². The summed E-state index contributed by atoms with van der Waals surface area (Å²) >= 11 is 0. The fourth-order valence-electron chi connectivity index (χ4n) is 5.44. The van der Waals surface area contributed by atoms with Crippen LogP contribution in [0.2, 0.25) is 0 Å². The van der Waals surface area contributed by atoms with E-state index in [-0.39, 0.29) is 17.5 Å². The van der Waals surface area contributed by atoms with E-state index < -0.39 is 17.8 Å². The fraction of sp³-hybridized carbons (Fsp3) is 0.235. The van der Waals surface area contributed by atoms with Crippen LogP contribution in [0.4, 0.5) is 18.9 Å². The van der Waals surface area contributed by atoms with Crippen LogP contribution in [0.3, 0.4) is 0 Å². The van der Waals surface area contributed by atoms with Crippen molar-refractivity contribution in [2.24, 2.45) is 5.92 Å². The molecule has 226 valence electrons. The molecule has 0 aliphatic heterocycles. The summed E-state index contributed by atoms with van der Waals surface area (Å²) in [5.74, 6) is 0.0675. The molecule has 1 fully saturated rings. The Bertz CT molecular complexity index is 1810. The Hall–Kier alpha value is -4.67. The van der Waals surface area contributed by atoms with E-state index in [1.54, 1.807) is 43.4 Å². The lowest BCUT2D eigenvalue weighted by Crippen LogP contribution is -2.25. The molecule has 1 aromatic heterocycles. The van der Waals surface area contributed by atoms with Crippen molar-refractivity contribution in [3.05, 3.63) is 119 Å². The maximum atomic E-state index is 13.7. The van der Waals surface area contributed by atoms with Crippen molar-refractivity contribution in [1.82, 2.24) is 20.4 Å². The van der Waals surface area contributed by atoms with Crippen molar-refractivity contribution < 1.29 is 23.1 Å². The zero-order valence-corrected chi connectivity index (χ0v) is 24.0. The molecule has 7 nitrogen and oxygen atoms in total. The van der Waals surface area contributed by atoms with Gasteiger partial charge in [0, 0.05) is 23.7 Å². The number of anilines is 1. The molecular weight excluding hydrogens is 567 g/mol. The highest BCUT2D eigenvalue weighted by Crippen LogP contribution is 2.36. The molecule has 4 N–H and O–H groups in total. The number of hydrogen-bond donors (Lipinski definition) is 4. The van der Waals surface area contributed by atoms with Gasteiger partial charge in [-0.3, -0.25) is 4.79 Å². The number of nitrogens with zero attached hydrogens (tertiary/aromatic N) is 2. The lowest BCUT2D eigenvalue weighted by atomic mass is 9.93. The molecule has 1 amide bonds. The van der Waals surface area contributed by atoms with Crippen LogP contribution in [0, 0.1) is 5.92 Å². The Morgan fingerprint density at radius 1 is 0.977 bits per heavy atom. The third-order valence-corrected chi connectivity index (χ3v) is 7.80. The molecule has 1 unspecified atom stereocenters. The summed E-state index contributed by atoms with van der Waals surface area (Å²) in [5, 5.41) is 25.4. The summed E-state index contributed by atoms with van der Waals surface area (Å²) in [5.41, 5.74) is 2.05. The molecule has 44 heavy (non-hydrogen) atoms. The van der Waals surface area contributed by atoms with Crippen LogP contribution < -0.4 is 16.0 Å². The van der Waals surface area contributed by atoms with Crippen LogP contribution >= 0.6 is 0 Å². The van der Waals surface area contributed by atoms with Crippen LogP contribution in [0.1, 0.15) is 51.8 Å². The van der Waals surface area contributed by atoms with Gasteiger partial charge in [-0.25, -0.2) is 4.68 Å². The number of carbonyl (C=O) groups is 1. The molecule has 0 radical (unpaired) electrons. The number of benzene rings is 4. The van der Waals surface area contributed by atoms with E-state index in [1.807, 2.05) is 48.5 Å². The number of amides is 1. The fourth-order valence-corrected chi connectivity index (χ4v) is 5.44. The van der Waals surface area contributed by atoms with Gasteiger partial charge in [-0.15, -0.1) is 0 Å². The smallest absolute Gasteiger partial charge is 0.435 e. The molecule has 0 bridgehead atoms. The number of nitrogens with one attached hydrogen (secondary N) is 3. The quantitative estimate of drug-likeness (QED) is 0.142. The zero-order chi connectivity index (χ0) is 30.8. The predicted molar refractivity (Wildman–Crippen MR) is 164 cm³/mol. The van der Waals surface area contributed by atoms with Gasteiger partial charge in [0.25, 0.3) is 5.91 Å². The molecule has 0 saturated heterocycles. The molecule has 6 rings (SSSR count). The average Bonchev–Trinajstić information content (AvgIpc) is 3.72. The van der Waals surface area contributed by atoms with Crippen LogP contribution in [0.5, 0.6) is 5.75 Å². The minimum atomic E-state index is -4.73. The second kappa shape index (κ2) is 12.1. The van der Waals surface area contributed by atoms with Crippen LogP contribution in [0.15, 0.2) is 91.0 Å². The Labute approximate surface area is 252 Å². The van der Waals surface area contributed by atoms with E-state index >= 15 is 0 Å². The standard InChI is InChI=1S/C34H32F3N5O2/c1-38-19-22-6-4-9-25(16-22)42-29(18-31(41-42)34(35,36)37)33(44)40-24-8-5-7-23(17-24)32(39-20-21-12-13-21)28-14-15-30(43)27-11-3-2-10-26(27)28/h2-11,14-18,21,32,38-39,43H,12-13,19-20H2,1H3,(H,40,44). The van der Waals surface area contributed by atoms with Gasteiger partial charge in [-0.1, -0.05) is 54.6 Å². The average molecular weight is 600 g/mol. The third kappa shape index (κ3) is 6.31. The molecule has 10 heteroatoms. The van der Waals surface area contributed by atoms with Crippen molar-refractivity contribution in [1.29, 1.82) is 0 Å². The van der Waals surface area contributed by atoms with E-state index in [2.05, 4.69) is 21.0 Å². The molecule has 1 aliphatic rings. The zero-order valence-electron chi connectivity index (χ0n) is 24.0. The number of aromatic hydroxyl groups is 1. The number of carbonyl (C=O) groups excluding carboxylic acids is 1. The molecular formula is C34H32F3N5O2. The van der Waals surface area contributed by atoms with Crippen molar-refractivity contribution in [3.8, 4) is 11.4 Å². The summed E-state index contributed by atoms with van der Waals surface area (Å²) in [7, 11) is 1.77. The predicted octanol–water partition coefficient (Wildman–Crippen LogP) is 6.81. The second-order valence-corrected chi connectivity index (χ2v) is 11.1. The van der Waals surface area contributed by atoms with Gasteiger partial charge in [0.15, 0.2) is 5.69 Å². The second-order valence-electron chi connectivity index (χ2n) is 11.1. The van der Waals surface area contributed by atoms with Gasteiger partial charge < -0.3 is 21.1 Å². The molecule has 1 saturated carbocycles. The summed E-state index contributed by atoms with van der Waals surface area (Å²) in [6.45, 7) is 1.31. The topological polar surface area (TPSA) is 91.2 Å². The number of fused-ring (bicyclic) bond motifs is 1. The molecule has 5 aromatic rings. The summed E-state index contributed by atoms with van der Waals surface area (Å²) in [6.07, 6.45) is -2.40. The van der Waals surface area contributed by atoms with E-state index in [1.165, 1.54) is 0 Å². The van der Waals surface area contributed by atoms with E-state index in [0.717, 1.165) is 57.6 Å². The van der Waals surface area contributed by atoms with Crippen LogP contribution in [-0.2, 0) is 12.7 Å². The van der Waals surface area contributed by atoms with Crippen molar-refractivity contribution >= 4 is 22.4 Å². The highest BCUT2D eigenvalue weighted by Gasteiger charge is 2.36. The van der Waals surface area contributed by atoms with Gasteiger partial charge in [0.05, 0.1) is 11.7 Å². The minimum absolute atomic E-state index is 0.192. The number of aromatic nitrogens is 2. The monoisotopic (exact) mass is 599 g/mol. The van der Waals surface area contributed by atoms with Crippen LogP contribution in [0.25, 0.3) is 16.5 Å². The summed E-state index contributed by atoms with van der Waals surface area (Å²) < 4.78 is 42.2. The van der Waals surface area contributed by atoms with Crippen LogP contribution in [-0.4, -0.2) is 34.4 Å². The Balaban J connectivity index is 1.34. The lowest BCUT2D eigenvalue weighted by molar-refractivity contribution is -0.141. The molecule has 1 atom stereocenters. The summed E-state index contributed by atoms with van der Waals surface area (Å²) in [6, 6.07) is 25.9. The van der Waals surface area contributed by atoms with E-state index in [9.17, 15) is 23.1 Å². The maximum Gasteiger partial charge on any atom is 0.435 e. The molecule has 0 spiro atoms. The first-order valence-electron chi connectivity index (χ1n) is 14.5. The molecule has 1 aliphatic carbocycles. The SMILES string of the molecule is CNCc1cccc(-n2nc(C(F)(F)F)cc2C(=O)Nc2cccc(C(NCC3CC3)c3ccc(O)c4ccccc34)c2)c1. The first-order valence-corrected chi connectivity index (χ1v) is 14.5. The maximum absolute atomic E-state index is 13.7. The molecule has 1 heterocycles. The normalized spacial score (nSPS) is 14.1. The van der Waals surface area contributed by atoms with Crippen molar-refractivity contribution in [2.45, 2.75) is 31.6 Å².